The number of ether oxygens (including phenoxy) is 2. The number of benzene rings is 1. The average molecular weight is 455 g/mol. The normalized spacial score (nSPS) is 19.1. The molecule has 33 heavy (non-hydrogen) atoms. The van der Waals surface area contributed by atoms with Gasteiger partial charge in [-0.15, -0.1) is 5.10 Å². The van der Waals surface area contributed by atoms with Crippen LogP contribution in [0, 0.1) is 5.82 Å². The van der Waals surface area contributed by atoms with Crippen molar-refractivity contribution in [1.82, 2.24) is 24.5 Å². The van der Waals surface area contributed by atoms with Gasteiger partial charge in [0.15, 0.2) is 5.82 Å². The third-order valence-electron chi connectivity index (χ3n) is 6.32. The number of aromatic nitrogens is 4. The van der Waals surface area contributed by atoms with Crippen LogP contribution >= 0.6 is 0 Å². The lowest BCUT2D eigenvalue weighted by atomic mass is 9.86. The first-order valence-corrected chi connectivity index (χ1v) is 10.6. The van der Waals surface area contributed by atoms with Crippen LogP contribution in [0.3, 0.4) is 0 Å². The number of carbonyl (C=O) groups is 2. The molecule has 5 rings (SSSR count). The SMILES string of the molecule is COC(=O)Cn1c2c(c(=O)n3nc(-c4ccc(C=O)cc4F)nc13)C1(CCNCC1)OC2C. The highest BCUT2D eigenvalue weighted by atomic mass is 19.1. The Bertz CT molecular complexity index is 1340. The fourth-order valence-corrected chi connectivity index (χ4v) is 4.83. The molecule has 0 bridgehead atoms. The van der Waals surface area contributed by atoms with Gasteiger partial charge in [0.05, 0.1) is 30.0 Å². The first-order valence-electron chi connectivity index (χ1n) is 10.6. The number of hydrogen-bond acceptors (Lipinski definition) is 8. The molecule has 2 aliphatic rings. The van der Waals surface area contributed by atoms with E-state index in [-0.39, 0.29) is 29.3 Å². The summed E-state index contributed by atoms with van der Waals surface area (Å²) in [5.41, 5.74) is -0.00308. The molecule has 0 amide bonds. The lowest BCUT2D eigenvalue weighted by molar-refractivity contribution is -0.141. The van der Waals surface area contributed by atoms with Crippen molar-refractivity contribution in [2.75, 3.05) is 20.2 Å². The smallest absolute Gasteiger partial charge is 0.325 e. The summed E-state index contributed by atoms with van der Waals surface area (Å²) in [5.74, 6) is -1.18. The number of methoxy groups -OCH3 is 1. The second kappa shape index (κ2) is 7.85. The molecule has 0 saturated carbocycles. The minimum Gasteiger partial charge on any atom is -0.468 e. The molecule has 1 N–H and O–H groups in total. The van der Waals surface area contributed by atoms with E-state index in [1.54, 1.807) is 4.57 Å². The van der Waals surface area contributed by atoms with Crippen molar-refractivity contribution < 1.29 is 23.5 Å². The molecule has 11 heteroatoms. The second-order valence-corrected chi connectivity index (χ2v) is 8.24. The average Bonchev–Trinajstić information content (AvgIpc) is 3.37. The minimum absolute atomic E-state index is 0.0303. The van der Waals surface area contributed by atoms with Crippen LogP contribution in [-0.4, -0.2) is 51.6 Å². The fraction of sp³-hybridized carbons (Fsp3) is 0.409. The zero-order chi connectivity index (χ0) is 23.3. The standard InChI is InChI=1S/C22H22FN5O5/c1-12-18-17(22(33-12)5-7-24-8-6-22)20(31)28-21(27(18)10-16(30)32-2)25-19(26-28)14-4-3-13(11-29)9-15(14)23/h3-4,9,11-12,24H,5-8,10H2,1-2H3. The molecule has 10 nitrogen and oxygen atoms in total. The van der Waals surface area contributed by atoms with E-state index in [0.29, 0.717) is 43.5 Å². The number of halogens is 1. The van der Waals surface area contributed by atoms with E-state index < -0.39 is 29.1 Å². The number of rotatable bonds is 4. The van der Waals surface area contributed by atoms with Crippen molar-refractivity contribution in [2.45, 2.75) is 38.0 Å². The quantitative estimate of drug-likeness (QED) is 0.463. The lowest BCUT2D eigenvalue weighted by Gasteiger charge is -2.33. The van der Waals surface area contributed by atoms with Gasteiger partial charge in [0, 0.05) is 5.56 Å². The maximum atomic E-state index is 14.7. The van der Waals surface area contributed by atoms with E-state index in [4.69, 9.17) is 9.47 Å². The third-order valence-corrected chi connectivity index (χ3v) is 6.32. The minimum atomic E-state index is -0.799. The Balaban J connectivity index is 1.79. The Labute approximate surface area is 187 Å². The Kier molecular flexibility index (Phi) is 5.09. The largest absolute Gasteiger partial charge is 0.468 e. The molecule has 1 atom stereocenters. The number of piperidine rings is 1. The fourth-order valence-electron chi connectivity index (χ4n) is 4.83. The van der Waals surface area contributed by atoms with Crippen molar-refractivity contribution >= 4 is 18.0 Å². The molecule has 0 radical (unpaired) electrons. The molecule has 0 aliphatic carbocycles. The van der Waals surface area contributed by atoms with Crippen molar-refractivity contribution in [2.24, 2.45) is 0 Å². The molecular formula is C22H22FN5O5. The van der Waals surface area contributed by atoms with Gasteiger partial charge in [0.2, 0.25) is 5.78 Å². The second-order valence-electron chi connectivity index (χ2n) is 8.24. The number of carbonyl (C=O) groups excluding carboxylic acids is 2. The highest BCUT2D eigenvalue weighted by Gasteiger charge is 2.49. The van der Waals surface area contributed by atoms with Gasteiger partial charge in [-0.3, -0.25) is 19.0 Å². The molecule has 1 aromatic carbocycles. The van der Waals surface area contributed by atoms with Crippen molar-refractivity contribution in [3.8, 4) is 11.4 Å². The Hall–Kier alpha value is -3.44. The molecular weight excluding hydrogens is 433 g/mol. The zero-order valence-electron chi connectivity index (χ0n) is 18.1. The van der Waals surface area contributed by atoms with Gasteiger partial charge in [0.25, 0.3) is 5.56 Å². The molecule has 1 unspecified atom stereocenters. The van der Waals surface area contributed by atoms with Gasteiger partial charge in [-0.2, -0.15) is 9.50 Å². The first kappa shape index (κ1) is 21.4. The van der Waals surface area contributed by atoms with E-state index in [1.807, 2.05) is 6.92 Å². The summed E-state index contributed by atoms with van der Waals surface area (Å²) in [7, 11) is 1.27. The molecule has 172 valence electrons. The monoisotopic (exact) mass is 455 g/mol. The molecule has 2 aliphatic heterocycles. The van der Waals surface area contributed by atoms with Gasteiger partial charge in [-0.25, -0.2) is 4.39 Å². The molecule has 1 fully saturated rings. The van der Waals surface area contributed by atoms with Crippen LogP contribution in [0.2, 0.25) is 0 Å². The zero-order valence-corrected chi connectivity index (χ0v) is 18.1. The maximum absolute atomic E-state index is 14.7. The summed E-state index contributed by atoms with van der Waals surface area (Å²) in [6.07, 6.45) is 1.25. The topological polar surface area (TPSA) is 117 Å². The first-order chi connectivity index (χ1) is 15.9. The Morgan fingerprint density at radius 2 is 2.15 bits per heavy atom. The predicted octanol–water partition coefficient (Wildman–Crippen LogP) is 1.35. The van der Waals surface area contributed by atoms with Crippen LogP contribution in [0.4, 0.5) is 4.39 Å². The van der Waals surface area contributed by atoms with Gasteiger partial charge in [-0.1, -0.05) is 6.07 Å². The summed E-state index contributed by atoms with van der Waals surface area (Å²) in [4.78, 5) is 41.3. The summed E-state index contributed by atoms with van der Waals surface area (Å²) >= 11 is 0. The van der Waals surface area contributed by atoms with Crippen LogP contribution in [-0.2, 0) is 26.4 Å². The van der Waals surface area contributed by atoms with Gasteiger partial charge >= 0.3 is 5.97 Å². The summed E-state index contributed by atoms with van der Waals surface area (Å²) in [6, 6.07) is 3.91. The summed E-state index contributed by atoms with van der Waals surface area (Å²) in [5, 5.41) is 7.56. The number of aldehydes is 1. The summed E-state index contributed by atoms with van der Waals surface area (Å²) in [6.45, 7) is 2.97. The van der Waals surface area contributed by atoms with Gasteiger partial charge in [-0.05, 0) is 45.0 Å². The maximum Gasteiger partial charge on any atom is 0.325 e. The molecule has 1 spiro atoms. The number of nitrogens with zero attached hydrogens (tertiary/aromatic N) is 4. The van der Waals surface area contributed by atoms with Crippen molar-refractivity contribution in [3.05, 3.63) is 51.2 Å². The molecule has 4 heterocycles. The van der Waals surface area contributed by atoms with E-state index in [1.165, 1.54) is 19.2 Å². The molecule has 3 aromatic rings. The number of esters is 1. The van der Waals surface area contributed by atoms with Crippen LogP contribution in [0.25, 0.3) is 17.2 Å². The van der Waals surface area contributed by atoms with E-state index in [2.05, 4.69) is 15.4 Å². The van der Waals surface area contributed by atoms with E-state index in [9.17, 15) is 18.8 Å². The Morgan fingerprint density at radius 3 is 2.82 bits per heavy atom. The Morgan fingerprint density at radius 1 is 1.39 bits per heavy atom. The van der Waals surface area contributed by atoms with Crippen molar-refractivity contribution in [3.63, 3.8) is 0 Å². The van der Waals surface area contributed by atoms with Gasteiger partial charge < -0.3 is 14.8 Å². The number of nitrogens with one attached hydrogen (secondary N) is 1. The van der Waals surface area contributed by atoms with Crippen LogP contribution in [0.1, 0.15) is 47.5 Å². The van der Waals surface area contributed by atoms with E-state index in [0.717, 1.165) is 10.6 Å². The predicted molar refractivity (Wildman–Crippen MR) is 113 cm³/mol. The lowest BCUT2D eigenvalue weighted by Crippen LogP contribution is -2.43. The highest BCUT2D eigenvalue weighted by Crippen LogP contribution is 2.47. The van der Waals surface area contributed by atoms with Crippen molar-refractivity contribution in [1.29, 1.82) is 0 Å². The van der Waals surface area contributed by atoms with Crippen LogP contribution in [0.5, 0.6) is 0 Å². The summed E-state index contributed by atoms with van der Waals surface area (Å²) < 4.78 is 28.5. The third kappa shape index (κ3) is 3.26. The van der Waals surface area contributed by atoms with Crippen LogP contribution < -0.4 is 10.9 Å². The van der Waals surface area contributed by atoms with E-state index >= 15 is 0 Å². The number of hydrogen-bond donors (Lipinski definition) is 1. The van der Waals surface area contributed by atoms with Gasteiger partial charge in [0.1, 0.15) is 24.2 Å². The highest BCUT2D eigenvalue weighted by molar-refractivity contribution is 5.76. The molecule has 1 saturated heterocycles. The molecule has 2 aromatic heterocycles. The van der Waals surface area contributed by atoms with Crippen LogP contribution in [0.15, 0.2) is 23.0 Å². The number of fused-ring (bicyclic) bond motifs is 3.